The predicted octanol–water partition coefficient (Wildman–Crippen LogP) is 5.90. The van der Waals surface area contributed by atoms with Crippen LogP contribution < -0.4 is 26.6 Å². The first-order chi connectivity index (χ1) is 33.9. The number of aliphatic carboxylic acids is 3. The van der Waals surface area contributed by atoms with Crippen LogP contribution in [-0.2, 0) is 52.5 Å². The summed E-state index contributed by atoms with van der Waals surface area (Å²) in [5.41, 5.74) is 0. The van der Waals surface area contributed by atoms with Crippen LogP contribution in [0.15, 0.2) is 0 Å². The van der Waals surface area contributed by atoms with Gasteiger partial charge in [-0.25, -0.2) is 4.79 Å². The van der Waals surface area contributed by atoms with Crippen LogP contribution in [0.1, 0.15) is 180 Å². The van der Waals surface area contributed by atoms with Crippen molar-refractivity contribution in [1.29, 1.82) is 0 Å². The molecule has 0 aromatic rings. The zero-order chi connectivity index (χ0) is 51.3. The molecule has 70 heavy (non-hydrogen) atoms. The van der Waals surface area contributed by atoms with Gasteiger partial charge in [0.05, 0.1) is 52.9 Å². The van der Waals surface area contributed by atoms with E-state index in [0.717, 1.165) is 51.4 Å². The molecule has 0 aliphatic heterocycles. The summed E-state index contributed by atoms with van der Waals surface area (Å²) in [5.74, 6) is -3.46. The second-order valence-electron chi connectivity index (χ2n) is 18.6. The Labute approximate surface area is 418 Å². The number of rotatable bonds is 49. The van der Waals surface area contributed by atoms with E-state index < -0.39 is 30.0 Å². The van der Waals surface area contributed by atoms with E-state index in [0.29, 0.717) is 104 Å². The molecule has 8 N–H and O–H groups in total. The van der Waals surface area contributed by atoms with Crippen LogP contribution in [0.2, 0.25) is 0 Å². The third kappa shape index (κ3) is 38.8. The number of amides is 4. The van der Waals surface area contributed by atoms with Gasteiger partial charge in [0.15, 0.2) is 0 Å². The molecule has 0 bridgehead atoms. The maximum Gasteiger partial charge on any atom is 0.326 e. The molecular weight excluding hydrogens is 907 g/mol. The summed E-state index contributed by atoms with van der Waals surface area (Å²) in [5, 5.41) is 41.3. The van der Waals surface area contributed by atoms with E-state index in [2.05, 4.69) is 26.6 Å². The first kappa shape index (κ1) is 64.1. The van der Waals surface area contributed by atoms with Crippen LogP contribution in [0.4, 0.5) is 0 Å². The Bertz CT molecular complexity index is 1400. The minimum atomic E-state index is -1.19. The second-order valence-corrected chi connectivity index (χ2v) is 18.6. The van der Waals surface area contributed by atoms with Gasteiger partial charge in [-0.05, 0) is 77.2 Å². The van der Waals surface area contributed by atoms with Gasteiger partial charge in [0, 0.05) is 51.2 Å². The SMILES string of the molecule is CN[C@@H](CCCCNC(=O)CCOCCOCCOCCOCCNC(=O)CC[C@H](NC(=O)C1CCC(CNC(=O)CCCCCCCCCCCCCCCCCCC(=O)O)CC1)C(=O)O)C(=O)O. The largest absolute Gasteiger partial charge is 0.481 e. The highest BCUT2D eigenvalue weighted by atomic mass is 16.6. The van der Waals surface area contributed by atoms with Crippen molar-refractivity contribution in [3.8, 4) is 0 Å². The topological polar surface area (TPSA) is 277 Å². The van der Waals surface area contributed by atoms with Gasteiger partial charge in [-0.3, -0.25) is 28.8 Å². The Kier molecular flexibility index (Phi) is 41.2. The predicted molar refractivity (Wildman–Crippen MR) is 266 cm³/mol. The van der Waals surface area contributed by atoms with Gasteiger partial charge in [-0.1, -0.05) is 89.9 Å². The van der Waals surface area contributed by atoms with Crippen LogP contribution in [0, 0.1) is 11.8 Å². The molecule has 0 heterocycles. The van der Waals surface area contributed by atoms with E-state index >= 15 is 0 Å². The summed E-state index contributed by atoms with van der Waals surface area (Å²) in [6.07, 6.45) is 24.4. The Morgan fingerprint density at radius 3 is 1.39 bits per heavy atom. The van der Waals surface area contributed by atoms with Crippen LogP contribution in [0.25, 0.3) is 0 Å². The number of carboxylic acids is 3. The fourth-order valence-corrected chi connectivity index (χ4v) is 8.29. The molecular formula is C51H93N5O14. The first-order valence-electron chi connectivity index (χ1n) is 26.7. The lowest BCUT2D eigenvalue weighted by Crippen LogP contribution is -2.45. The van der Waals surface area contributed by atoms with Crippen molar-refractivity contribution in [3.63, 3.8) is 0 Å². The number of hydrogen-bond acceptors (Lipinski definition) is 12. The summed E-state index contributed by atoms with van der Waals surface area (Å²) in [6.45, 7) is 3.93. The second kappa shape index (κ2) is 45.0. The van der Waals surface area contributed by atoms with E-state index in [-0.39, 0.29) is 68.6 Å². The highest BCUT2D eigenvalue weighted by Crippen LogP contribution is 2.29. The molecule has 1 fully saturated rings. The molecule has 1 rings (SSSR count). The van der Waals surface area contributed by atoms with Crippen molar-refractivity contribution < 1.29 is 67.8 Å². The maximum absolute atomic E-state index is 13.0. The van der Waals surface area contributed by atoms with Gasteiger partial charge in [0.2, 0.25) is 23.6 Å². The molecule has 406 valence electrons. The number of carbonyl (C=O) groups is 7. The van der Waals surface area contributed by atoms with Gasteiger partial charge < -0.3 is 60.9 Å². The molecule has 0 unspecified atom stereocenters. The molecule has 1 aliphatic rings. The number of hydrogen-bond donors (Lipinski definition) is 8. The summed E-state index contributed by atoms with van der Waals surface area (Å²) in [6, 6.07) is -1.74. The standard InChI is InChI=1S/C51H93N5O14/c1-52-43(50(63)64)20-18-19-30-53-47(59)29-32-67-34-36-69-38-39-70-37-35-68-33-31-54-46(58)28-27-44(51(65)66)56-49(62)42-25-23-41(24-26-42)40-55-45(57)21-16-14-12-10-8-6-4-2-3-5-7-9-11-13-15-17-22-48(60)61/h41-44,52H,2-40H2,1H3,(H,53,59)(H,54,58)(H,55,57)(H,56,62)(H,60,61)(H,63,64)(H,65,66)/t41?,42?,43-,44-/m0/s1. The minimum absolute atomic E-state index is 0.0321. The number of ether oxygens (including phenoxy) is 4. The van der Waals surface area contributed by atoms with E-state index in [1.165, 1.54) is 64.2 Å². The molecule has 19 nitrogen and oxygen atoms in total. The Hall–Kier alpha value is -3.91. The van der Waals surface area contributed by atoms with Crippen molar-refractivity contribution >= 4 is 41.5 Å². The summed E-state index contributed by atoms with van der Waals surface area (Å²) in [4.78, 5) is 83.1. The molecule has 0 radical (unpaired) electrons. The molecule has 0 aromatic carbocycles. The normalized spacial score (nSPS) is 15.4. The maximum atomic E-state index is 13.0. The van der Waals surface area contributed by atoms with Crippen LogP contribution in [0.5, 0.6) is 0 Å². The number of likely N-dealkylation sites (N-methyl/N-ethyl adjacent to an activating group) is 1. The zero-order valence-corrected chi connectivity index (χ0v) is 42.7. The van der Waals surface area contributed by atoms with E-state index in [1.807, 2.05) is 0 Å². The lowest BCUT2D eigenvalue weighted by molar-refractivity contribution is -0.143. The Morgan fingerprint density at radius 1 is 0.443 bits per heavy atom. The molecule has 0 spiro atoms. The fraction of sp³-hybridized carbons (Fsp3) is 0.863. The van der Waals surface area contributed by atoms with E-state index in [4.69, 9.17) is 29.2 Å². The summed E-state index contributed by atoms with van der Waals surface area (Å²) >= 11 is 0. The summed E-state index contributed by atoms with van der Waals surface area (Å²) in [7, 11) is 1.61. The monoisotopic (exact) mass is 1000 g/mol. The molecule has 4 amide bonds. The van der Waals surface area contributed by atoms with E-state index in [9.17, 15) is 38.7 Å². The highest BCUT2D eigenvalue weighted by Gasteiger charge is 2.30. The Balaban J connectivity index is 1.96. The Morgan fingerprint density at radius 2 is 0.886 bits per heavy atom. The lowest BCUT2D eigenvalue weighted by Gasteiger charge is -2.28. The lowest BCUT2D eigenvalue weighted by atomic mass is 9.81. The molecule has 2 atom stereocenters. The van der Waals surface area contributed by atoms with Crippen LogP contribution in [0.3, 0.4) is 0 Å². The number of carboxylic acid groups (broad SMARTS) is 3. The van der Waals surface area contributed by atoms with Crippen LogP contribution in [-0.4, -0.2) is 148 Å². The smallest absolute Gasteiger partial charge is 0.326 e. The minimum Gasteiger partial charge on any atom is -0.481 e. The van der Waals surface area contributed by atoms with Crippen molar-refractivity contribution in [1.82, 2.24) is 26.6 Å². The zero-order valence-electron chi connectivity index (χ0n) is 42.7. The number of carbonyl (C=O) groups excluding carboxylic acids is 4. The summed E-state index contributed by atoms with van der Waals surface area (Å²) < 4.78 is 21.8. The fourth-order valence-electron chi connectivity index (χ4n) is 8.29. The van der Waals surface area contributed by atoms with Gasteiger partial charge in [-0.2, -0.15) is 0 Å². The number of unbranched alkanes of at least 4 members (excludes halogenated alkanes) is 16. The first-order valence-corrected chi connectivity index (χ1v) is 26.7. The van der Waals surface area contributed by atoms with Gasteiger partial charge in [-0.15, -0.1) is 0 Å². The quantitative estimate of drug-likeness (QED) is 0.0330. The van der Waals surface area contributed by atoms with Crippen molar-refractivity contribution in [3.05, 3.63) is 0 Å². The highest BCUT2D eigenvalue weighted by molar-refractivity contribution is 5.85. The average Bonchev–Trinajstić information content (AvgIpc) is 3.33. The van der Waals surface area contributed by atoms with Crippen molar-refractivity contribution in [2.45, 2.75) is 192 Å². The van der Waals surface area contributed by atoms with Gasteiger partial charge >= 0.3 is 17.9 Å². The third-order valence-corrected chi connectivity index (χ3v) is 12.7. The van der Waals surface area contributed by atoms with Crippen molar-refractivity contribution in [2.24, 2.45) is 11.8 Å². The van der Waals surface area contributed by atoms with Crippen molar-refractivity contribution in [2.75, 3.05) is 79.5 Å². The molecule has 19 heteroatoms. The molecule has 0 saturated heterocycles. The third-order valence-electron chi connectivity index (χ3n) is 12.7. The van der Waals surface area contributed by atoms with Crippen LogP contribution >= 0.6 is 0 Å². The molecule has 1 aliphatic carbocycles. The van der Waals surface area contributed by atoms with Gasteiger partial charge in [0.25, 0.3) is 0 Å². The van der Waals surface area contributed by atoms with Gasteiger partial charge in [0.1, 0.15) is 12.1 Å². The average molecular weight is 1000 g/mol. The number of nitrogens with one attached hydrogen (secondary N) is 5. The molecule has 0 aromatic heterocycles. The van der Waals surface area contributed by atoms with E-state index in [1.54, 1.807) is 7.05 Å². The molecule has 1 saturated carbocycles.